The molecular weight excluding hydrogens is 234 g/mol. The van der Waals surface area contributed by atoms with E-state index in [1.54, 1.807) is 0 Å². The molecule has 2 aliphatic heterocycles. The lowest BCUT2D eigenvalue weighted by Gasteiger charge is -2.66. The van der Waals surface area contributed by atoms with Crippen molar-refractivity contribution in [3.8, 4) is 0 Å². The SMILES string of the molecule is Cc1cccc2c1N1C(=O)CC[C@@H]3[C@H]1[C@H](C2)C3(C)C. The quantitative estimate of drug-likeness (QED) is 0.696. The molecule has 1 saturated heterocycles. The summed E-state index contributed by atoms with van der Waals surface area (Å²) in [6.45, 7) is 6.93. The Bertz CT molecular complexity index is 575. The van der Waals surface area contributed by atoms with Gasteiger partial charge in [0.15, 0.2) is 0 Å². The molecule has 2 fully saturated rings. The van der Waals surface area contributed by atoms with Gasteiger partial charge in [-0.2, -0.15) is 0 Å². The summed E-state index contributed by atoms with van der Waals surface area (Å²) in [5, 5.41) is 0. The van der Waals surface area contributed by atoms with Crippen LogP contribution in [0.2, 0.25) is 0 Å². The molecule has 1 aromatic rings. The van der Waals surface area contributed by atoms with Crippen molar-refractivity contribution in [3.63, 3.8) is 0 Å². The number of nitrogens with zero attached hydrogens (tertiary/aromatic N) is 1. The van der Waals surface area contributed by atoms with E-state index in [0.29, 0.717) is 29.2 Å². The summed E-state index contributed by atoms with van der Waals surface area (Å²) >= 11 is 0. The average Bonchev–Trinajstić information content (AvgIpc) is 2.38. The van der Waals surface area contributed by atoms with Gasteiger partial charge in [0, 0.05) is 12.5 Å². The predicted molar refractivity (Wildman–Crippen MR) is 76.2 cm³/mol. The second kappa shape index (κ2) is 3.41. The smallest absolute Gasteiger partial charge is 0.227 e. The van der Waals surface area contributed by atoms with E-state index >= 15 is 0 Å². The van der Waals surface area contributed by atoms with Crippen LogP contribution >= 0.6 is 0 Å². The van der Waals surface area contributed by atoms with Gasteiger partial charge in [0.1, 0.15) is 0 Å². The van der Waals surface area contributed by atoms with Crippen LogP contribution in [-0.2, 0) is 11.2 Å². The number of aryl methyl sites for hydroxylation is 1. The van der Waals surface area contributed by atoms with Crippen LogP contribution in [0.1, 0.15) is 37.8 Å². The van der Waals surface area contributed by atoms with Crippen molar-refractivity contribution in [2.75, 3.05) is 4.90 Å². The van der Waals surface area contributed by atoms with Gasteiger partial charge in [-0.15, -0.1) is 0 Å². The molecule has 0 aromatic heterocycles. The second-order valence-electron chi connectivity index (χ2n) is 7.11. The van der Waals surface area contributed by atoms with Gasteiger partial charge in [-0.25, -0.2) is 0 Å². The Labute approximate surface area is 114 Å². The number of hydrogen-bond acceptors (Lipinski definition) is 1. The van der Waals surface area contributed by atoms with Crippen molar-refractivity contribution < 1.29 is 4.79 Å². The van der Waals surface area contributed by atoms with Crippen LogP contribution in [0.5, 0.6) is 0 Å². The fourth-order valence-corrected chi connectivity index (χ4v) is 4.91. The van der Waals surface area contributed by atoms with Crippen molar-refractivity contribution in [2.45, 2.75) is 46.1 Å². The second-order valence-corrected chi connectivity index (χ2v) is 7.11. The van der Waals surface area contributed by atoms with Crippen LogP contribution in [0.3, 0.4) is 0 Å². The molecule has 1 saturated carbocycles. The Balaban J connectivity index is 1.90. The first-order valence-electron chi connectivity index (χ1n) is 7.42. The average molecular weight is 255 g/mol. The van der Waals surface area contributed by atoms with Crippen LogP contribution in [0.4, 0.5) is 5.69 Å². The number of carbonyl (C=O) groups excluding carboxylic acids is 1. The van der Waals surface area contributed by atoms with Gasteiger partial charge in [0.05, 0.1) is 5.69 Å². The highest BCUT2D eigenvalue weighted by Gasteiger charge is 2.62. The van der Waals surface area contributed by atoms with Crippen molar-refractivity contribution >= 4 is 11.6 Å². The van der Waals surface area contributed by atoms with E-state index in [2.05, 4.69) is 43.9 Å². The zero-order chi connectivity index (χ0) is 13.4. The minimum atomic E-state index is 0.344. The molecule has 2 heteroatoms. The molecule has 3 atom stereocenters. The number of anilines is 1. The molecule has 0 unspecified atom stereocenters. The summed E-state index contributed by atoms with van der Waals surface area (Å²) in [5.41, 5.74) is 4.26. The molecule has 19 heavy (non-hydrogen) atoms. The summed E-state index contributed by atoms with van der Waals surface area (Å²) in [6.07, 6.45) is 2.96. The lowest BCUT2D eigenvalue weighted by Crippen LogP contribution is -2.70. The van der Waals surface area contributed by atoms with E-state index < -0.39 is 0 Å². The number of rotatable bonds is 0. The molecule has 0 radical (unpaired) electrons. The molecule has 0 N–H and O–H groups in total. The summed E-state index contributed by atoms with van der Waals surface area (Å²) in [7, 11) is 0. The number of carbonyl (C=O) groups is 1. The molecule has 2 nitrogen and oxygen atoms in total. The molecule has 3 aliphatic rings. The van der Waals surface area contributed by atoms with Gasteiger partial charge in [0.25, 0.3) is 0 Å². The number of para-hydroxylation sites is 1. The van der Waals surface area contributed by atoms with Gasteiger partial charge in [-0.3, -0.25) is 4.79 Å². The molecule has 1 aliphatic carbocycles. The molecule has 0 bridgehead atoms. The van der Waals surface area contributed by atoms with E-state index in [4.69, 9.17) is 0 Å². The number of piperidine rings is 1. The van der Waals surface area contributed by atoms with E-state index in [0.717, 1.165) is 19.3 Å². The fourth-order valence-electron chi connectivity index (χ4n) is 4.91. The van der Waals surface area contributed by atoms with Gasteiger partial charge in [-0.1, -0.05) is 32.0 Å². The van der Waals surface area contributed by atoms with Crippen LogP contribution < -0.4 is 4.90 Å². The normalized spacial score (nSPS) is 34.4. The number of fused-ring (bicyclic) bond motifs is 2. The molecule has 1 aromatic carbocycles. The molecule has 2 heterocycles. The predicted octanol–water partition coefficient (Wildman–Crippen LogP) is 3.32. The minimum Gasteiger partial charge on any atom is -0.308 e. The van der Waals surface area contributed by atoms with Gasteiger partial charge in [0.2, 0.25) is 5.91 Å². The lowest BCUT2D eigenvalue weighted by atomic mass is 9.46. The highest BCUT2D eigenvalue weighted by atomic mass is 16.2. The van der Waals surface area contributed by atoms with E-state index in [1.807, 2.05) is 0 Å². The maximum absolute atomic E-state index is 12.4. The Morgan fingerprint density at radius 3 is 2.84 bits per heavy atom. The zero-order valence-electron chi connectivity index (χ0n) is 11.9. The van der Waals surface area contributed by atoms with E-state index in [9.17, 15) is 4.79 Å². The highest BCUT2D eigenvalue weighted by Crippen LogP contribution is 2.61. The van der Waals surface area contributed by atoms with Crippen LogP contribution in [0.15, 0.2) is 18.2 Å². The van der Waals surface area contributed by atoms with Crippen molar-refractivity contribution in [3.05, 3.63) is 29.3 Å². The molecule has 1 amide bonds. The largest absolute Gasteiger partial charge is 0.308 e. The van der Waals surface area contributed by atoms with Crippen molar-refractivity contribution in [1.82, 2.24) is 0 Å². The first-order valence-corrected chi connectivity index (χ1v) is 7.42. The lowest BCUT2D eigenvalue weighted by molar-refractivity contribution is -0.133. The first kappa shape index (κ1) is 11.5. The Morgan fingerprint density at radius 2 is 2.05 bits per heavy atom. The maximum atomic E-state index is 12.4. The van der Waals surface area contributed by atoms with Crippen LogP contribution in [-0.4, -0.2) is 11.9 Å². The maximum Gasteiger partial charge on any atom is 0.227 e. The summed E-state index contributed by atoms with van der Waals surface area (Å²) in [6, 6.07) is 6.96. The molecule has 4 rings (SSSR count). The minimum absolute atomic E-state index is 0.344. The van der Waals surface area contributed by atoms with Gasteiger partial charge in [-0.05, 0) is 48.1 Å². The fraction of sp³-hybridized carbons (Fsp3) is 0.588. The Hall–Kier alpha value is -1.31. The monoisotopic (exact) mass is 255 g/mol. The van der Waals surface area contributed by atoms with Crippen LogP contribution in [0.25, 0.3) is 0 Å². The summed E-state index contributed by atoms with van der Waals surface area (Å²) in [5.74, 6) is 1.69. The number of amides is 1. The third-order valence-corrected chi connectivity index (χ3v) is 5.97. The highest BCUT2D eigenvalue weighted by molar-refractivity contribution is 5.97. The Morgan fingerprint density at radius 1 is 1.26 bits per heavy atom. The van der Waals surface area contributed by atoms with Gasteiger partial charge >= 0.3 is 0 Å². The van der Waals surface area contributed by atoms with Gasteiger partial charge < -0.3 is 4.90 Å². The summed E-state index contributed by atoms with van der Waals surface area (Å²) in [4.78, 5) is 14.6. The zero-order valence-corrected chi connectivity index (χ0v) is 11.9. The molecule has 100 valence electrons. The standard InChI is InChI=1S/C17H21NO/c1-10-5-4-6-11-9-13-16-12(17(13,2)3)7-8-14(19)18(16)15(10)11/h4-6,12-13,16H,7-9H2,1-3H3/t12-,13+,16+/m1/s1. The van der Waals surface area contributed by atoms with Crippen LogP contribution in [0, 0.1) is 24.2 Å². The topological polar surface area (TPSA) is 20.3 Å². The number of benzene rings is 1. The number of hydrogen-bond donors (Lipinski definition) is 0. The third kappa shape index (κ3) is 1.25. The third-order valence-electron chi connectivity index (χ3n) is 5.97. The van der Waals surface area contributed by atoms with Crippen molar-refractivity contribution in [1.29, 1.82) is 0 Å². The first-order chi connectivity index (χ1) is 9.01. The Kier molecular flexibility index (Phi) is 2.07. The summed E-state index contributed by atoms with van der Waals surface area (Å²) < 4.78 is 0. The van der Waals surface area contributed by atoms with E-state index in [1.165, 1.54) is 16.8 Å². The molecule has 0 spiro atoms. The van der Waals surface area contributed by atoms with E-state index in [-0.39, 0.29) is 0 Å². The molecular formula is C17H21NO. The van der Waals surface area contributed by atoms with Crippen molar-refractivity contribution in [2.24, 2.45) is 17.3 Å².